The molecule has 4 N–H and O–H groups in total. The molecule has 1 fully saturated rings. The summed E-state index contributed by atoms with van der Waals surface area (Å²) in [7, 11) is 3.08. The van der Waals surface area contributed by atoms with Gasteiger partial charge in [-0.05, 0) is 37.5 Å². The van der Waals surface area contributed by atoms with Crippen LogP contribution in [0.4, 0.5) is 0 Å². The molecular formula is C20H30N4O4. The molecule has 1 atom stereocenters. The molecule has 1 saturated carbocycles. The van der Waals surface area contributed by atoms with Gasteiger partial charge >= 0.3 is 0 Å². The number of amides is 2. The van der Waals surface area contributed by atoms with Crippen LogP contribution >= 0.6 is 0 Å². The van der Waals surface area contributed by atoms with Crippen molar-refractivity contribution in [3.05, 3.63) is 23.8 Å². The van der Waals surface area contributed by atoms with Gasteiger partial charge in [-0.3, -0.25) is 14.9 Å². The van der Waals surface area contributed by atoms with Gasteiger partial charge in [0.2, 0.25) is 11.8 Å². The lowest BCUT2D eigenvalue weighted by Crippen LogP contribution is -2.43. The predicted octanol–water partition coefficient (Wildman–Crippen LogP) is 1.51. The second kappa shape index (κ2) is 10.5. The van der Waals surface area contributed by atoms with E-state index in [9.17, 15) is 9.59 Å². The lowest BCUT2D eigenvalue weighted by atomic mass is 9.95. The first-order chi connectivity index (χ1) is 13.4. The zero-order valence-electron chi connectivity index (χ0n) is 16.8. The van der Waals surface area contributed by atoms with Crippen molar-refractivity contribution in [2.24, 2.45) is 10.7 Å². The third kappa shape index (κ3) is 6.44. The van der Waals surface area contributed by atoms with Gasteiger partial charge in [-0.1, -0.05) is 25.3 Å². The molecule has 0 heterocycles. The Labute approximate surface area is 165 Å². The lowest BCUT2D eigenvalue weighted by molar-refractivity contribution is -0.123. The summed E-state index contributed by atoms with van der Waals surface area (Å²) in [5, 5.41) is 5.52. The quantitative estimate of drug-likeness (QED) is 0.482. The highest BCUT2D eigenvalue weighted by atomic mass is 16.5. The largest absolute Gasteiger partial charge is 0.493 e. The van der Waals surface area contributed by atoms with Gasteiger partial charge in [-0.2, -0.15) is 0 Å². The van der Waals surface area contributed by atoms with Crippen LogP contribution in [0.3, 0.4) is 0 Å². The highest BCUT2D eigenvalue weighted by molar-refractivity contribution is 5.98. The Kier molecular flexibility index (Phi) is 8.10. The summed E-state index contributed by atoms with van der Waals surface area (Å²) < 4.78 is 10.4. The fourth-order valence-electron chi connectivity index (χ4n) is 3.23. The molecule has 8 nitrogen and oxygen atoms in total. The zero-order valence-corrected chi connectivity index (χ0v) is 16.8. The fourth-order valence-corrected chi connectivity index (χ4v) is 3.23. The number of nitrogens with zero attached hydrogens (tertiary/aromatic N) is 1. The third-order valence-corrected chi connectivity index (χ3v) is 4.74. The molecule has 1 aliphatic rings. The van der Waals surface area contributed by atoms with E-state index >= 15 is 0 Å². The van der Waals surface area contributed by atoms with Crippen molar-refractivity contribution in [2.45, 2.75) is 57.5 Å². The van der Waals surface area contributed by atoms with Gasteiger partial charge in [0.05, 0.1) is 20.6 Å². The Bertz CT molecular complexity index is 714. The van der Waals surface area contributed by atoms with Crippen molar-refractivity contribution in [1.82, 2.24) is 10.6 Å². The Balaban J connectivity index is 1.87. The summed E-state index contributed by atoms with van der Waals surface area (Å²) in [4.78, 5) is 28.5. The first kappa shape index (κ1) is 21.5. The summed E-state index contributed by atoms with van der Waals surface area (Å²) in [5.74, 6) is 0.558. The molecule has 2 rings (SSSR count). The van der Waals surface area contributed by atoms with Crippen LogP contribution in [0.15, 0.2) is 23.2 Å². The van der Waals surface area contributed by atoms with E-state index < -0.39 is 6.04 Å². The number of hydrogen-bond donors (Lipinski definition) is 3. The molecule has 2 amide bonds. The van der Waals surface area contributed by atoms with Crippen molar-refractivity contribution in [3.63, 3.8) is 0 Å². The predicted molar refractivity (Wildman–Crippen MR) is 107 cm³/mol. The number of guanidine groups is 1. The van der Waals surface area contributed by atoms with Crippen LogP contribution in [-0.2, 0) is 16.0 Å². The van der Waals surface area contributed by atoms with E-state index in [-0.39, 0.29) is 30.2 Å². The molecule has 154 valence electrons. The topological polar surface area (TPSA) is 115 Å². The van der Waals surface area contributed by atoms with E-state index in [1.807, 2.05) is 0 Å². The molecule has 0 saturated heterocycles. The number of ether oxygens (including phenoxy) is 2. The van der Waals surface area contributed by atoms with Gasteiger partial charge in [-0.15, -0.1) is 0 Å². The maximum absolute atomic E-state index is 12.2. The minimum atomic E-state index is -0.664. The molecule has 28 heavy (non-hydrogen) atoms. The number of hydrogen-bond acceptors (Lipinski definition) is 5. The maximum Gasteiger partial charge on any atom is 0.244 e. The molecule has 1 aromatic rings. The van der Waals surface area contributed by atoms with E-state index in [4.69, 9.17) is 15.2 Å². The normalized spacial score (nSPS) is 16.2. The third-order valence-electron chi connectivity index (χ3n) is 4.74. The minimum absolute atomic E-state index is 0.0724. The van der Waals surface area contributed by atoms with Crippen molar-refractivity contribution in [2.75, 3.05) is 14.2 Å². The first-order valence-corrected chi connectivity index (χ1v) is 9.57. The van der Waals surface area contributed by atoms with Gasteiger partial charge < -0.3 is 20.5 Å². The fraction of sp³-hybridized carbons (Fsp3) is 0.550. The average molecular weight is 390 g/mol. The van der Waals surface area contributed by atoms with Crippen molar-refractivity contribution in [1.29, 1.82) is 0 Å². The van der Waals surface area contributed by atoms with Gasteiger partial charge in [-0.25, -0.2) is 4.99 Å². The van der Waals surface area contributed by atoms with Crippen LogP contribution in [0.1, 0.15) is 44.6 Å². The summed E-state index contributed by atoms with van der Waals surface area (Å²) >= 11 is 0. The van der Waals surface area contributed by atoms with E-state index in [2.05, 4.69) is 15.6 Å². The SMILES string of the molecule is COc1ccc(CC(=O)NC(N)=NC(C)C(=O)NC2CCCCC2)cc1OC. The number of nitrogens with two attached hydrogens (primary N) is 1. The molecule has 0 aromatic heterocycles. The highest BCUT2D eigenvalue weighted by Gasteiger charge is 2.19. The number of benzene rings is 1. The van der Waals surface area contributed by atoms with E-state index in [0.29, 0.717) is 11.5 Å². The van der Waals surface area contributed by atoms with E-state index in [0.717, 1.165) is 31.2 Å². The van der Waals surface area contributed by atoms with Crippen LogP contribution in [-0.4, -0.2) is 44.1 Å². The summed E-state index contributed by atoms with van der Waals surface area (Å²) in [6.07, 6.45) is 5.59. The van der Waals surface area contributed by atoms with E-state index in [1.165, 1.54) is 13.5 Å². The molecule has 1 unspecified atom stereocenters. The Morgan fingerprint density at radius 1 is 1.18 bits per heavy atom. The van der Waals surface area contributed by atoms with Crippen LogP contribution in [0.2, 0.25) is 0 Å². The smallest absolute Gasteiger partial charge is 0.244 e. The van der Waals surface area contributed by atoms with Crippen molar-refractivity contribution < 1.29 is 19.1 Å². The van der Waals surface area contributed by atoms with Crippen molar-refractivity contribution >= 4 is 17.8 Å². The van der Waals surface area contributed by atoms with Crippen molar-refractivity contribution in [3.8, 4) is 11.5 Å². The molecule has 0 radical (unpaired) electrons. The Morgan fingerprint density at radius 3 is 2.50 bits per heavy atom. The van der Waals surface area contributed by atoms with Gasteiger partial charge in [0.25, 0.3) is 0 Å². The van der Waals surface area contributed by atoms with Crippen LogP contribution in [0.25, 0.3) is 0 Å². The van der Waals surface area contributed by atoms with Crippen LogP contribution in [0, 0.1) is 0 Å². The van der Waals surface area contributed by atoms with E-state index in [1.54, 1.807) is 32.2 Å². The molecule has 1 aliphatic carbocycles. The molecule has 0 spiro atoms. The summed E-state index contributed by atoms with van der Waals surface area (Å²) in [6.45, 7) is 1.66. The first-order valence-electron chi connectivity index (χ1n) is 9.57. The minimum Gasteiger partial charge on any atom is -0.493 e. The standard InChI is InChI=1S/C20H30N4O4/c1-13(19(26)23-15-7-5-4-6-8-15)22-20(21)24-18(25)12-14-9-10-16(27-2)17(11-14)28-3/h9-11,13,15H,4-8,12H2,1-3H3,(H,23,26)(H3,21,22,24,25). The number of rotatable bonds is 7. The van der Waals surface area contributed by atoms with Gasteiger partial charge in [0.1, 0.15) is 6.04 Å². The van der Waals surface area contributed by atoms with Crippen LogP contribution < -0.4 is 25.8 Å². The van der Waals surface area contributed by atoms with Gasteiger partial charge in [0.15, 0.2) is 17.5 Å². The number of methoxy groups -OCH3 is 2. The second-order valence-electron chi connectivity index (χ2n) is 6.95. The number of carbonyl (C=O) groups excluding carboxylic acids is 2. The summed E-state index contributed by atoms with van der Waals surface area (Å²) in [6, 6.07) is 4.78. The zero-order chi connectivity index (χ0) is 20.5. The molecule has 1 aromatic carbocycles. The second-order valence-corrected chi connectivity index (χ2v) is 6.95. The Hall–Kier alpha value is -2.77. The number of carbonyl (C=O) groups is 2. The van der Waals surface area contributed by atoms with Gasteiger partial charge in [0, 0.05) is 6.04 Å². The lowest BCUT2D eigenvalue weighted by Gasteiger charge is -2.23. The maximum atomic E-state index is 12.2. The Morgan fingerprint density at radius 2 is 1.86 bits per heavy atom. The molecular weight excluding hydrogens is 360 g/mol. The monoisotopic (exact) mass is 390 g/mol. The average Bonchev–Trinajstić information content (AvgIpc) is 2.68. The molecule has 0 bridgehead atoms. The summed E-state index contributed by atoms with van der Waals surface area (Å²) in [5.41, 5.74) is 6.54. The highest BCUT2D eigenvalue weighted by Crippen LogP contribution is 2.27. The number of aliphatic imine (C=N–C) groups is 1. The molecule has 8 heteroatoms. The molecule has 0 aliphatic heterocycles. The van der Waals surface area contributed by atoms with Crippen LogP contribution in [0.5, 0.6) is 11.5 Å². The number of nitrogens with one attached hydrogen (secondary N) is 2.